The second-order valence-electron chi connectivity index (χ2n) is 4.03. The molecule has 1 aromatic carbocycles. The number of nitrogens with one attached hydrogen (secondary N) is 1. The number of pyridine rings is 1. The molecule has 7 heteroatoms. The predicted octanol–water partition coefficient (Wildman–Crippen LogP) is 5.37. The first-order chi connectivity index (χ1) is 9.38. The maximum atomic E-state index is 12.2. The Bertz CT molecular complexity index is 692. The van der Waals surface area contributed by atoms with Crippen LogP contribution in [0.2, 0.25) is 15.2 Å². The van der Waals surface area contributed by atoms with E-state index >= 15 is 0 Å². The Morgan fingerprint density at radius 3 is 2.60 bits per heavy atom. The first-order valence-corrected chi connectivity index (χ1v) is 7.39. The van der Waals surface area contributed by atoms with E-state index in [-0.39, 0.29) is 10.7 Å². The van der Waals surface area contributed by atoms with Gasteiger partial charge in [-0.1, -0.05) is 34.8 Å². The van der Waals surface area contributed by atoms with Crippen LogP contribution in [0.3, 0.4) is 0 Å². The molecule has 0 saturated carbocycles. The number of rotatable bonds is 2. The van der Waals surface area contributed by atoms with Crippen LogP contribution in [0.4, 0.5) is 5.69 Å². The first kappa shape index (κ1) is 15.6. The fraction of sp³-hybridized carbons (Fsp3) is 0.0769. The quantitative estimate of drug-likeness (QED) is 0.696. The van der Waals surface area contributed by atoms with Gasteiger partial charge < -0.3 is 5.32 Å². The van der Waals surface area contributed by atoms with Crippen LogP contribution in [-0.4, -0.2) is 10.9 Å². The van der Waals surface area contributed by atoms with Gasteiger partial charge >= 0.3 is 0 Å². The van der Waals surface area contributed by atoms with Crippen LogP contribution in [0.15, 0.2) is 28.9 Å². The van der Waals surface area contributed by atoms with Gasteiger partial charge in [0.25, 0.3) is 5.91 Å². The second-order valence-corrected chi connectivity index (χ2v) is 6.12. The van der Waals surface area contributed by atoms with Crippen molar-refractivity contribution in [2.45, 2.75) is 6.92 Å². The molecule has 0 aliphatic carbocycles. The van der Waals surface area contributed by atoms with Crippen molar-refractivity contribution in [3.05, 3.63) is 55.2 Å². The molecule has 2 rings (SSSR count). The van der Waals surface area contributed by atoms with Crippen molar-refractivity contribution >= 4 is 62.3 Å². The molecule has 0 bridgehead atoms. The molecule has 0 saturated heterocycles. The van der Waals surface area contributed by atoms with Gasteiger partial charge in [-0.25, -0.2) is 4.98 Å². The summed E-state index contributed by atoms with van der Waals surface area (Å²) < 4.78 is 0.653. The molecule has 0 fully saturated rings. The summed E-state index contributed by atoms with van der Waals surface area (Å²) in [6, 6.07) is 4.85. The largest absolute Gasteiger partial charge is 0.320 e. The molecule has 0 spiro atoms. The molecule has 0 aliphatic rings. The van der Waals surface area contributed by atoms with Gasteiger partial charge in [0.2, 0.25) is 0 Å². The standard InChI is InChI=1S/C13H8BrCl3N2O/c1-6-2-10(16)11(4-9(6)15)19-13(20)8-3-7(14)5-18-12(8)17/h2-5H,1H3,(H,19,20). The zero-order valence-corrected chi connectivity index (χ0v) is 14.0. The van der Waals surface area contributed by atoms with Crippen LogP contribution in [0.25, 0.3) is 0 Å². The molecule has 3 nitrogen and oxygen atoms in total. The van der Waals surface area contributed by atoms with Crippen molar-refractivity contribution < 1.29 is 4.79 Å². The topological polar surface area (TPSA) is 42.0 Å². The third-order valence-corrected chi connectivity index (χ3v) is 4.00. The van der Waals surface area contributed by atoms with Gasteiger partial charge in [-0.05, 0) is 46.6 Å². The van der Waals surface area contributed by atoms with Crippen LogP contribution in [0.5, 0.6) is 0 Å². The Labute approximate surface area is 139 Å². The summed E-state index contributed by atoms with van der Waals surface area (Å²) in [5.41, 5.74) is 1.49. The minimum absolute atomic E-state index is 0.111. The number of hydrogen-bond donors (Lipinski definition) is 1. The highest BCUT2D eigenvalue weighted by Gasteiger charge is 2.14. The van der Waals surface area contributed by atoms with Crippen LogP contribution in [0, 0.1) is 6.92 Å². The lowest BCUT2D eigenvalue weighted by Gasteiger charge is -2.10. The monoisotopic (exact) mass is 392 g/mol. The van der Waals surface area contributed by atoms with E-state index < -0.39 is 5.91 Å². The molecule has 0 aliphatic heterocycles. The van der Waals surface area contributed by atoms with Crippen LogP contribution >= 0.6 is 50.7 Å². The highest BCUT2D eigenvalue weighted by molar-refractivity contribution is 9.10. The summed E-state index contributed by atoms with van der Waals surface area (Å²) in [5.74, 6) is -0.411. The number of nitrogens with zero attached hydrogens (tertiary/aromatic N) is 1. The highest BCUT2D eigenvalue weighted by atomic mass is 79.9. The highest BCUT2D eigenvalue weighted by Crippen LogP contribution is 2.29. The molecule has 1 amide bonds. The predicted molar refractivity (Wildman–Crippen MR) is 86.1 cm³/mol. The van der Waals surface area contributed by atoms with Crippen molar-refractivity contribution in [3.63, 3.8) is 0 Å². The molecule has 2 aromatic rings. The second kappa shape index (κ2) is 6.31. The van der Waals surface area contributed by atoms with E-state index in [0.717, 1.165) is 5.56 Å². The van der Waals surface area contributed by atoms with Gasteiger partial charge in [0, 0.05) is 15.7 Å². The van der Waals surface area contributed by atoms with Crippen molar-refractivity contribution in [2.24, 2.45) is 0 Å². The summed E-state index contributed by atoms with van der Waals surface area (Å²) >= 11 is 21.2. The number of amides is 1. The fourth-order valence-electron chi connectivity index (χ4n) is 1.51. The molecular formula is C13H8BrCl3N2O. The van der Waals surface area contributed by atoms with E-state index in [0.29, 0.717) is 20.2 Å². The van der Waals surface area contributed by atoms with Crippen molar-refractivity contribution in [2.75, 3.05) is 5.32 Å². The van der Waals surface area contributed by atoms with Crippen LogP contribution in [0.1, 0.15) is 15.9 Å². The number of aryl methyl sites for hydroxylation is 1. The van der Waals surface area contributed by atoms with E-state index in [2.05, 4.69) is 26.2 Å². The Morgan fingerprint density at radius 1 is 1.20 bits per heavy atom. The van der Waals surface area contributed by atoms with Crippen LogP contribution in [-0.2, 0) is 0 Å². The minimum atomic E-state index is -0.411. The van der Waals surface area contributed by atoms with Gasteiger partial charge in [0.1, 0.15) is 5.15 Å². The molecular weight excluding hydrogens is 386 g/mol. The maximum Gasteiger partial charge on any atom is 0.258 e. The van der Waals surface area contributed by atoms with Gasteiger partial charge in [-0.15, -0.1) is 0 Å². The average Bonchev–Trinajstić information content (AvgIpc) is 2.38. The third kappa shape index (κ3) is 3.44. The molecule has 1 heterocycles. The SMILES string of the molecule is Cc1cc(Cl)c(NC(=O)c2cc(Br)cnc2Cl)cc1Cl. The summed E-state index contributed by atoms with van der Waals surface area (Å²) in [7, 11) is 0. The number of benzene rings is 1. The van der Waals surface area contributed by atoms with Gasteiger partial charge in [-0.3, -0.25) is 4.79 Å². The number of carbonyl (C=O) groups excluding carboxylic acids is 1. The summed E-state index contributed by atoms with van der Waals surface area (Å²) in [6.45, 7) is 1.83. The normalized spacial score (nSPS) is 10.4. The fourth-order valence-corrected chi connectivity index (χ4v) is 2.46. The summed E-state index contributed by atoms with van der Waals surface area (Å²) in [5, 5.41) is 3.69. The number of carbonyl (C=O) groups is 1. The Kier molecular flexibility index (Phi) is 4.91. The van der Waals surface area contributed by atoms with Gasteiger partial charge in [0.15, 0.2) is 0 Å². The average molecular weight is 394 g/mol. The maximum absolute atomic E-state index is 12.2. The Balaban J connectivity index is 2.32. The first-order valence-electron chi connectivity index (χ1n) is 5.46. The summed E-state index contributed by atoms with van der Waals surface area (Å²) in [6.07, 6.45) is 1.51. The van der Waals surface area contributed by atoms with E-state index in [1.54, 1.807) is 18.2 Å². The van der Waals surface area contributed by atoms with E-state index in [1.807, 2.05) is 6.92 Å². The smallest absolute Gasteiger partial charge is 0.258 e. The van der Waals surface area contributed by atoms with Crippen LogP contribution < -0.4 is 5.32 Å². The van der Waals surface area contributed by atoms with Crippen molar-refractivity contribution in [1.29, 1.82) is 0 Å². The number of hydrogen-bond acceptors (Lipinski definition) is 2. The molecule has 20 heavy (non-hydrogen) atoms. The molecule has 0 atom stereocenters. The number of aromatic nitrogens is 1. The molecule has 0 unspecified atom stereocenters. The third-order valence-electron chi connectivity index (χ3n) is 2.55. The molecule has 1 N–H and O–H groups in total. The molecule has 104 valence electrons. The lowest BCUT2D eigenvalue weighted by atomic mass is 10.2. The number of halogens is 4. The van der Waals surface area contributed by atoms with Crippen molar-refractivity contribution in [3.8, 4) is 0 Å². The minimum Gasteiger partial charge on any atom is -0.320 e. The zero-order chi connectivity index (χ0) is 14.9. The van der Waals surface area contributed by atoms with E-state index in [1.165, 1.54) is 6.20 Å². The Morgan fingerprint density at radius 2 is 1.90 bits per heavy atom. The lowest BCUT2D eigenvalue weighted by Crippen LogP contribution is -2.13. The summed E-state index contributed by atoms with van der Waals surface area (Å²) in [4.78, 5) is 16.1. The van der Waals surface area contributed by atoms with Crippen molar-refractivity contribution in [1.82, 2.24) is 4.98 Å². The van der Waals surface area contributed by atoms with Gasteiger partial charge in [-0.2, -0.15) is 0 Å². The molecule has 1 aromatic heterocycles. The van der Waals surface area contributed by atoms with E-state index in [4.69, 9.17) is 34.8 Å². The number of anilines is 1. The lowest BCUT2D eigenvalue weighted by molar-refractivity contribution is 0.102. The Hall–Kier alpha value is -0.810. The zero-order valence-electron chi connectivity index (χ0n) is 10.2. The van der Waals surface area contributed by atoms with Gasteiger partial charge in [0.05, 0.1) is 16.3 Å². The van der Waals surface area contributed by atoms with E-state index in [9.17, 15) is 4.79 Å². The molecule has 0 radical (unpaired) electrons.